The molecule has 1 amide bonds. The number of nitrogens with zero attached hydrogens (tertiary/aromatic N) is 3. The number of piperidine rings is 1. The van der Waals surface area contributed by atoms with Gasteiger partial charge in [0, 0.05) is 42.5 Å². The number of para-hydroxylation sites is 1. The SMILES string of the molecule is COc1ccccc1CNC(=O)Cn1nc(-c2ccc(N3CCCCC3)cc2)ccc1=O. The summed E-state index contributed by atoms with van der Waals surface area (Å²) in [6.07, 6.45) is 3.76. The lowest BCUT2D eigenvalue weighted by atomic mass is 10.1. The van der Waals surface area contributed by atoms with Crippen molar-refractivity contribution in [2.75, 3.05) is 25.1 Å². The van der Waals surface area contributed by atoms with E-state index in [0.717, 1.165) is 24.2 Å². The van der Waals surface area contributed by atoms with Gasteiger partial charge in [-0.15, -0.1) is 0 Å². The molecule has 1 aliphatic heterocycles. The Morgan fingerprint density at radius 3 is 2.50 bits per heavy atom. The molecule has 166 valence electrons. The Balaban J connectivity index is 1.43. The summed E-state index contributed by atoms with van der Waals surface area (Å²) in [6, 6.07) is 18.9. The Labute approximate surface area is 187 Å². The molecule has 0 radical (unpaired) electrons. The first-order chi connectivity index (χ1) is 15.6. The van der Waals surface area contributed by atoms with E-state index in [0.29, 0.717) is 18.0 Å². The van der Waals surface area contributed by atoms with E-state index >= 15 is 0 Å². The molecule has 7 nitrogen and oxygen atoms in total. The van der Waals surface area contributed by atoms with Gasteiger partial charge in [-0.05, 0) is 43.5 Å². The van der Waals surface area contributed by atoms with Crippen LogP contribution in [-0.2, 0) is 17.9 Å². The van der Waals surface area contributed by atoms with E-state index in [1.807, 2.05) is 36.4 Å². The van der Waals surface area contributed by atoms with Crippen LogP contribution < -0.4 is 20.5 Å². The van der Waals surface area contributed by atoms with Gasteiger partial charge in [0.2, 0.25) is 5.91 Å². The Hall–Kier alpha value is -3.61. The van der Waals surface area contributed by atoms with Crippen LogP contribution in [0.25, 0.3) is 11.3 Å². The van der Waals surface area contributed by atoms with Crippen LogP contribution in [0, 0.1) is 0 Å². The number of carbonyl (C=O) groups excluding carboxylic acids is 1. The van der Waals surface area contributed by atoms with Crippen molar-refractivity contribution in [3.05, 3.63) is 76.6 Å². The van der Waals surface area contributed by atoms with Gasteiger partial charge >= 0.3 is 0 Å². The van der Waals surface area contributed by atoms with Gasteiger partial charge in [-0.3, -0.25) is 9.59 Å². The molecule has 1 aromatic heterocycles. The second kappa shape index (κ2) is 10.1. The number of carbonyl (C=O) groups is 1. The number of methoxy groups -OCH3 is 1. The summed E-state index contributed by atoms with van der Waals surface area (Å²) >= 11 is 0. The molecule has 3 aromatic rings. The first-order valence-corrected chi connectivity index (χ1v) is 11.0. The molecular formula is C25H28N4O3. The summed E-state index contributed by atoms with van der Waals surface area (Å²) in [6.45, 7) is 2.35. The maximum absolute atomic E-state index is 12.4. The Kier molecular flexibility index (Phi) is 6.84. The average Bonchev–Trinajstić information content (AvgIpc) is 2.85. The molecule has 2 aromatic carbocycles. The molecule has 1 fully saturated rings. The number of hydrogen-bond donors (Lipinski definition) is 1. The Bertz CT molecular complexity index is 1120. The number of rotatable bonds is 7. The van der Waals surface area contributed by atoms with Gasteiger partial charge in [0.25, 0.3) is 5.56 Å². The van der Waals surface area contributed by atoms with Gasteiger partial charge in [0.15, 0.2) is 0 Å². The van der Waals surface area contributed by atoms with Crippen molar-refractivity contribution in [3.63, 3.8) is 0 Å². The number of hydrogen-bond acceptors (Lipinski definition) is 5. The molecule has 7 heteroatoms. The lowest BCUT2D eigenvalue weighted by Crippen LogP contribution is -2.33. The number of ether oxygens (including phenoxy) is 1. The number of aromatic nitrogens is 2. The highest BCUT2D eigenvalue weighted by Crippen LogP contribution is 2.23. The third-order valence-electron chi connectivity index (χ3n) is 5.71. The maximum atomic E-state index is 12.4. The second-order valence-corrected chi connectivity index (χ2v) is 7.90. The zero-order chi connectivity index (χ0) is 22.3. The number of benzene rings is 2. The molecule has 0 atom stereocenters. The molecule has 0 aliphatic carbocycles. The number of amides is 1. The van der Waals surface area contributed by atoms with E-state index < -0.39 is 0 Å². The molecule has 1 saturated heterocycles. The maximum Gasteiger partial charge on any atom is 0.267 e. The van der Waals surface area contributed by atoms with Crippen molar-refractivity contribution < 1.29 is 9.53 Å². The summed E-state index contributed by atoms with van der Waals surface area (Å²) in [4.78, 5) is 27.1. The van der Waals surface area contributed by atoms with Crippen molar-refractivity contribution in [1.82, 2.24) is 15.1 Å². The number of nitrogens with one attached hydrogen (secondary N) is 1. The van der Waals surface area contributed by atoms with Crippen LogP contribution in [0.15, 0.2) is 65.5 Å². The van der Waals surface area contributed by atoms with Gasteiger partial charge in [-0.25, -0.2) is 4.68 Å². The molecule has 1 aliphatic rings. The van der Waals surface area contributed by atoms with Gasteiger partial charge < -0.3 is 15.0 Å². The van der Waals surface area contributed by atoms with Crippen LogP contribution in [0.5, 0.6) is 5.75 Å². The predicted octanol–water partition coefficient (Wildman–Crippen LogP) is 3.23. The van der Waals surface area contributed by atoms with Crippen molar-refractivity contribution in [3.8, 4) is 17.0 Å². The van der Waals surface area contributed by atoms with Gasteiger partial charge in [-0.1, -0.05) is 30.3 Å². The summed E-state index contributed by atoms with van der Waals surface area (Å²) in [7, 11) is 1.59. The zero-order valence-corrected chi connectivity index (χ0v) is 18.3. The minimum atomic E-state index is -0.314. The molecule has 1 N–H and O–H groups in total. The molecule has 2 heterocycles. The normalized spacial score (nSPS) is 13.6. The van der Waals surface area contributed by atoms with E-state index in [1.54, 1.807) is 13.2 Å². The van der Waals surface area contributed by atoms with E-state index in [1.165, 1.54) is 35.7 Å². The number of anilines is 1. The van der Waals surface area contributed by atoms with E-state index in [9.17, 15) is 9.59 Å². The van der Waals surface area contributed by atoms with Gasteiger partial charge in [0.05, 0.1) is 12.8 Å². The first kappa shape index (κ1) is 21.6. The quantitative estimate of drug-likeness (QED) is 0.620. The van der Waals surface area contributed by atoms with Crippen molar-refractivity contribution in [1.29, 1.82) is 0 Å². The molecule has 0 spiro atoms. The topological polar surface area (TPSA) is 76.5 Å². The van der Waals surface area contributed by atoms with E-state index in [4.69, 9.17) is 4.74 Å². The largest absolute Gasteiger partial charge is 0.496 e. The first-order valence-electron chi connectivity index (χ1n) is 11.0. The van der Waals surface area contributed by atoms with Crippen molar-refractivity contribution >= 4 is 11.6 Å². The third kappa shape index (κ3) is 5.17. The molecule has 0 saturated carbocycles. The highest BCUT2D eigenvalue weighted by Gasteiger charge is 2.12. The molecule has 0 bridgehead atoms. The minimum absolute atomic E-state index is 0.145. The van der Waals surface area contributed by atoms with Gasteiger partial charge in [0.1, 0.15) is 12.3 Å². The Morgan fingerprint density at radius 1 is 1.00 bits per heavy atom. The smallest absolute Gasteiger partial charge is 0.267 e. The summed E-state index contributed by atoms with van der Waals surface area (Å²) < 4.78 is 6.50. The van der Waals surface area contributed by atoms with Gasteiger partial charge in [-0.2, -0.15) is 5.10 Å². The highest BCUT2D eigenvalue weighted by atomic mass is 16.5. The van der Waals surface area contributed by atoms with Crippen LogP contribution in [0.1, 0.15) is 24.8 Å². The van der Waals surface area contributed by atoms with Crippen LogP contribution >= 0.6 is 0 Å². The molecule has 0 unspecified atom stereocenters. The van der Waals surface area contributed by atoms with Crippen molar-refractivity contribution in [2.45, 2.75) is 32.4 Å². The summed E-state index contributed by atoms with van der Waals surface area (Å²) in [5, 5.41) is 7.25. The highest BCUT2D eigenvalue weighted by molar-refractivity contribution is 5.75. The Morgan fingerprint density at radius 2 is 1.75 bits per heavy atom. The standard InChI is InChI=1S/C25H28N4O3/c1-32-23-8-4-3-7-20(23)17-26-24(30)18-29-25(31)14-13-22(27-29)19-9-11-21(12-10-19)28-15-5-2-6-16-28/h3-4,7-14H,2,5-6,15-18H2,1H3,(H,26,30). The molecule has 4 rings (SSSR count). The average molecular weight is 433 g/mol. The predicted molar refractivity (Wildman–Crippen MR) is 125 cm³/mol. The van der Waals surface area contributed by atoms with E-state index in [2.05, 4.69) is 27.4 Å². The van der Waals surface area contributed by atoms with Crippen LogP contribution in [0.4, 0.5) is 5.69 Å². The minimum Gasteiger partial charge on any atom is -0.496 e. The van der Waals surface area contributed by atoms with Crippen molar-refractivity contribution in [2.24, 2.45) is 0 Å². The summed E-state index contributed by atoms with van der Waals surface area (Å²) in [5.74, 6) is 0.418. The monoisotopic (exact) mass is 432 g/mol. The lowest BCUT2D eigenvalue weighted by Gasteiger charge is -2.28. The fourth-order valence-electron chi connectivity index (χ4n) is 3.95. The lowest BCUT2D eigenvalue weighted by molar-refractivity contribution is -0.122. The second-order valence-electron chi connectivity index (χ2n) is 7.90. The third-order valence-corrected chi connectivity index (χ3v) is 5.71. The molecule has 32 heavy (non-hydrogen) atoms. The van der Waals surface area contributed by atoms with E-state index in [-0.39, 0.29) is 18.0 Å². The fourth-order valence-corrected chi connectivity index (χ4v) is 3.95. The zero-order valence-electron chi connectivity index (χ0n) is 18.3. The summed E-state index contributed by atoms with van der Waals surface area (Å²) in [5.41, 5.74) is 3.33. The van der Waals surface area contributed by atoms with Crippen LogP contribution in [-0.4, -0.2) is 35.9 Å². The molecular weight excluding hydrogens is 404 g/mol. The van der Waals surface area contributed by atoms with Crippen LogP contribution in [0.3, 0.4) is 0 Å². The van der Waals surface area contributed by atoms with Crippen LogP contribution in [0.2, 0.25) is 0 Å². The fraction of sp³-hybridized carbons (Fsp3) is 0.320.